The van der Waals surface area contributed by atoms with Crippen LogP contribution >= 0.6 is 8.25 Å². The molecule has 13 heavy (non-hydrogen) atoms. The minimum atomic E-state index is -2.41. The first-order valence-electron chi connectivity index (χ1n) is 4.49. The summed E-state index contributed by atoms with van der Waals surface area (Å²) in [6, 6.07) is 0. The molecule has 0 radical (unpaired) electrons. The summed E-state index contributed by atoms with van der Waals surface area (Å²) in [7, 11) is -2.41. The molecule has 0 aromatic rings. The average molecular weight is 337 g/mol. The van der Waals surface area contributed by atoms with Crippen LogP contribution in [0, 0.1) is 40.8 Å². The van der Waals surface area contributed by atoms with Crippen molar-refractivity contribution in [2.45, 2.75) is 52.1 Å². The third kappa shape index (κ3) is 13.4. The van der Waals surface area contributed by atoms with Crippen LogP contribution in [0.25, 0.3) is 0 Å². The molecule has 2 unspecified atom stereocenters. The van der Waals surface area contributed by atoms with Crippen LogP contribution < -0.4 is 0 Å². The fourth-order valence-corrected chi connectivity index (χ4v) is 1.48. The molecule has 5 heteroatoms. The summed E-state index contributed by atoms with van der Waals surface area (Å²) >= 11 is 0. The Kier molecular flexibility index (Phi) is 14.8. The molecule has 0 fully saturated rings. The molecule has 0 rings (SSSR count). The van der Waals surface area contributed by atoms with Gasteiger partial charge in [-0.1, -0.05) is 32.6 Å². The van der Waals surface area contributed by atoms with Gasteiger partial charge in [-0.3, -0.25) is 0 Å². The normalized spacial score (nSPS) is 13.3. The second kappa shape index (κ2) is 11.4. The Bertz CT molecular complexity index is 133. The van der Waals surface area contributed by atoms with Gasteiger partial charge in [0.2, 0.25) is 0 Å². The molecule has 0 aliphatic heterocycles. The van der Waals surface area contributed by atoms with Crippen LogP contribution in [-0.2, 0) is 9.09 Å². The molecule has 0 spiro atoms. The quantitative estimate of drug-likeness (QED) is 0.574. The molecule has 0 aliphatic rings. The Hall–Kier alpha value is 1.37. The second-order valence-corrected chi connectivity index (χ2v) is 3.69. The fraction of sp³-hybridized carbons (Fsp3) is 1.00. The molecule has 2 atom stereocenters. The number of unbranched alkanes of at least 4 members (excludes halogenated alkanes) is 3. The van der Waals surface area contributed by atoms with Crippen LogP contribution in [-0.4, -0.2) is 11.0 Å². The zero-order chi connectivity index (χ0) is 9.40. The van der Waals surface area contributed by atoms with Crippen LogP contribution in [0.2, 0.25) is 0 Å². The van der Waals surface area contributed by atoms with Gasteiger partial charge in [0.05, 0.1) is 0 Å². The molecule has 0 aliphatic carbocycles. The maximum atomic E-state index is 10.2. The van der Waals surface area contributed by atoms with Crippen LogP contribution in [0.5, 0.6) is 0 Å². The predicted molar refractivity (Wildman–Crippen MR) is 49.1 cm³/mol. The van der Waals surface area contributed by atoms with Gasteiger partial charge in [0.1, 0.15) is 6.10 Å². The van der Waals surface area contributed by atoms with Crippen molar-refractivity contribution in [3.05, 3.63) is 0 Å². The van der Waals surface area contributed by atoms with E-state index in [1.54, 1.807) is 0 Å². The van der Waals surface area contributed by atoms with Crippen LogP contribution in [0.15, 0.2) is 0 Å². The van der Waals surface area contributed by atoms with Gasteiger partial charge in [0, 0.05) is 45.4 Å². The van der Waals surface area contributed by atoms with Gasteiger partial charge in [-0.25, -0.2) is 0 Å². The van der Waals surface area contributed by atoms with Gasteiger partial charge < -0.3 is 0 Å². The smallest absolute Gasteiger partial charge is 0.133 e. The van der Waals surface area contributed by atoms with Gasteiger partial charge in [0.25, 0.3) is 0 Å². The van der Waals surface area contributed by atoms with E-state index >= 15 is 0 Å². The average Bonchev–Trinajstić information content (AvgIpc) is 1.97. The van der Waals surface area contributed by atoms with Crippen molar-refractivity contribution < 1.29 is 54.8 Å². The summed E-state index contributed by atoms with van der Waals surface area (Å²) in [4.78, 5) is 8.41. The Morgan fingerprint density at radius 1 is 1.38 bits per heavy atom. The standard InChI is InChI=1S/C8H17O3P.Nd/c1-3-4-5-6-7-8(2)11-12(9)10;/h8H,3-7H2,1-2H3;/p+1. The van der Waals surface area contributed by atoms with E-state index in [2.05, 4.69) is 6.92 Å². The topological polar surface area (TPSA) is 46.5 Å². The minimum Gasteiger partial charge on any atom is -0.133 e. The number of hydrogen-bond donors (Lipinski definition) is 1. The molecule has 0 saturated carbocycles. The summed E-state index contributed by atoms with van der Waals surface area (Å²) in [5, 5.41) is 0. The molecule has 0 amide bonds. The van der Waals surface area contributed by atoms with Gasteiger partial charge >= 0.3 is 8.25 Å². The van der Waals surface area contributed by atoms with E-state index in [4.69, 9.17) is 9.42 Å². The number of hydrogen-bond acceptors (Lipinski definition) is 2. The zero-order valence-electron chi connectivity index (χ0n) is 8.32. The molecule has 0 saturated heterocycles. The van der Waals surface area contributed by atoms with Crippen LogP contribution in [0.3, 0.4) is 0 Å². The first-order chi connectivity index (χ1) is 5.66. The molecular weight excluding hydrogens is 319 g/mol. The van der Waals surface area contributed by atoms with E-state index in [1.165, 1.54) is 19.3 Å². The Morgan fingerprint density at radius 3 is 2.46 bits per heavy atom. The van der Waals surface area contributed by atoms with Crippen molar-refractivity contribution in [3.63, 3.8) is 0 Å². The molecular formula is C8H18NdO3P+. The van der Waals surface area contributed by atoms with E-state index in [9.17, 15) is 4.57 Å². The third-order valence-corrected chi connectivity index (χ3v) is 2.27. The van der Waals surface area contributed by atoms with Crippen LogP contribution in [0.4, 0.5) is 0 Å². The summed E-state index contributed by atoms with van der Waals surface area (Å²) in [6.45, 7) is 3.99. The Morgan fingerprint density at radius 2 is 2.00 bits per heavy atom. The van der Waals surface area contributed by atoms with Crippen molar-refractivity contribution >= 4 is 8.25 Å². The van der Waals surface area contributed by atoms with Gasteiger partial charge in [-0.2, -0.15) is 0 Å². The first-order valence-corrected chi connectivity index (χ1v) is 5.62. The monoisotopic (exact) mass is 335 g/mol. The minimum absolute atomic E-state index is 0. The van der Waals surface area contributed by atoms with Crippen molar-refractivity contribution in [3.8, 4) is 0 Å². The third-order valence-electron chi connectivity index (χ3n) is 1.73. The Balaban J connectivity index is 0. The summed E-state index contributed by atoms with van der Waals surface area (Å²) in [5.41, 5.74) is 0. The van der Waals surface area contributed by atoms with E-state index < -0.39 is 8.25 Å². The molecule has 3 nitrogen and oxygen atoms in total. The molecule has 1 N–H and O–H groups in total. The maximum Gasteiger partial charge on any atom is 0.694 e. The fourth-order valence-electron chi connectivity index (χ4n) is 1.07. The van der Waals surface area contributed by atoms with Gasteiger partial charge in [0.15, 0.2) is 0 Å². The zero-order valence-corrected chi connectivity index (χ0v) is 12.4. The van der Waals surface area contributed by atoms with Crippen molar-refractivity contribution in [2.75, 3.05) is 0 Å². The van der Waals surface area contributed by atoms with E-state index in [-0.39, 0.29) is 46.9 Å². The van der Waals surface area contributed by atoms with Crippen molar-refractivity contribution in [2.24, 2.45) is 0 Å². The SMILES string of the molecule is CCCCCCC(C)O[P+](=O)O.[Nd]. The van der Waals surface area contributed by atoms with E-state index in [0.717, 1.165) is 12.8 Å². The molecule has 0 aromatic heterocycles. The first kappa shape index (κ1) is 16.8. The number of rotatable bonds is 7. The summed E-state index contributed by atoms with van der Waals surface area (Å²) in [5.74, 6) is 0. The maximum absolute atomic E-state index is 10.2. The van der Waals surface area contributed by atoms with E-state index in [1.807, 2.05) is 6.92 Å². The van der Waals surface area contributed by atoms with E-state index in [0.29, 0.717) is 0 Å². The van der Waals surface area contributed by atoms with Crippen LogP contribution in [0.1, 0.15) is 46.0 Å². The van der Waals surface area contributed by atoms with Crippen molar-refractivity contribution in [1.29, 1.82) is 0 Å². The molecule has 0 bridgehead atoms. The molecule has 0 aromatic carbocycles. The molecule has 76 valence electrons. The van der Waals surface area contributed by atoms with Gasteiger partial charge in [-0.15, -0.1) is 9.42 Å². The predicted octanol–water partition coefficient (Wildman–Crippen LogP) is 3.01. The Labute approximate surface area is 114 Å². The second-order valence-electron chi connectivity index (χ2n) is 3.00. The summed E-state index contributed by atoms with van der Waals surface area (Å²) < 4.78 is 14.9. The largest absolute Gasteiger partial charge is 0.694 e. The van der Waals surface area contributed by atoms with Crippen molar-refractivity contribution in [1.82, 2.24) is 0 Å². The molecule has 0 heterocycles. The van der Waals surface area contributed by atoms with Gasteiger partial charge in [-0.05, 0) is 13.3 Å². The summed E-state index contributed by atoms with van der Waals surface area (Å²) in [6.07, 6.45) is 5.50.